The van der Waals surface area contributed by atoms with Gasteiger partial charge in [-0.2, -0.15) is 0 Å². The van der Waals surface area contributed by atoms with Crippen molar-refractivity contribution in [2.45, 2.75) is 20.0 Å². The zero-order valence-electron chi connectivity index (χ0n) is 9.34. The van der Waals surface area contributed by atoms with Gasteiger partial charge in [-0.1, -0.05) is 35.3 Å². The molecule has 17 heavy (non-hydrogen) atoms. The molecule has 1 heterocycles. The van der Waals surface area contributed by atoms with E-state index in [0.717, 1.165) is 17.1 Å². The van der Waals surface area contributed by atoms with Crippen LogP contribution < -0.4 is 5.32 Å². The van der Waals surface area contributed by atoms with E-state index in [2.05, 4.69) is 10.3 Å². The minimum absolute atomic E-state index is 0.597. The minimum Gasteiger partial charge on any atom is -0.308 e. The molecule has 0 saturated carbocycles. The fraction of sp³-hybridized carbons (Fsp3) is 0.250. The van der Waals surface area contributed by atoms with E-state index in [4.69, 9.17) is 23.2 Å². The zero-order valence-corrected chi connectivity index (χ0v) is 11.7. The molecule has 0 aliphatic carbocycles. The Balaban J connectivity index is 1.92. The number of hydrogen-bond donors (Lipinski definition) is 1. The lowest BCUT2D eigenvalue weighted by molar-refractivity contribution is 0.700. The molecule has 0 atom stereocenters. The Morgan fingerprint density at radius 1 is 1.29 bits per heavy atom. The van der Waals surface area contributed by atoms with Gasteiger partial charge in [0.05, 0.1) is 15.1 Å². The molecule has 0 aliphatic rings. The molecule has 5 heteroatoms. The molecule has 90 valence electrons. The second-order valence-electron chi connectivity index (χ2n) is 3.66. The molecule has 0 unspecified atom stereocenters. The van der Waals surface area contributed by atoms with Gasteiger partial charge in [-0.05, 0) is 18.6 Å². The summed E-state index contributed by atoms with van der Waals surface area (Å²) in [4.78, 5) is 5.43. The minimum atomic E-state index is 0.597. The maximum atomic E-state index is 6.10. The van der Waals surface area contributed by atoms with Gasteiger partial charge in [0.25, 0.3) is 0 Å². The standard InChI is InChI=1S/C12H12Cl2N2S/c1-8-16-7-10(17-8)6-15-5-9-3-2-4-11(13)12(9)14/h2-4,7,15H,5-6H2,1H3. The monoisotopic (exact) mass is 286 g/mol. The molecule has 1 N–H and O–H groups in total. The van der Waals surface area contributed by atoms with Crippen LogP contribution in [0.15, 0.2) is 24.4 Å². The average molecular weight is 287 g/mol. The summed E-state index contributed by atoms with van der Waals surface area (Å²) in [6, 6.07) is 5.67. The quantitative estimate of drug-likeness (QED) is 0.917. The van der Waals surface area contributed by atoms with Crippen LogP contribution >= 0.6 is 34.5 Å². The molecule has 2 rings (SSSR count). The van der Waals surface area contributed by atoms with Crippen LogP contribution in [0.4, 0.5) is 0 Å². The molecule has 0 fully saturated rings. The van der Waals surface area contributed by atoms with Crippen molar-refractivity contribution in [3.63, 3.8) is 0 Å². The van der Waals surface area contributed by atoms with Crippen molar-refractivity contribution < 1.29 is 0 Å². The van der Waals surface area contributed by atoms with Crippen LogP contribution in [0.3, 0.4) is 0 Å². The van der Waals surface area contributed by atoms with Gasteiger partial charge >= 0.3 is 0 Å². The predicted octanol–water partition coefficient (Wildman–Crippen LogP) is 4.05. The van der Waals surface area contributed by atoms with Crippen molar-refractivity contribution >= 4 is 34.5 Å². The number of aryl methyl sites for hydroxylation is 1. The number of benzene rings is 1. The van der Waals surface area contributed by atoms with Gasteiger partial charge in [0.15, 0.2) is 0 Å². The topological polar surface area (TPSA) is 24.9 Å². The molecular formula is C12H12Cl2N2S. The highest BCUT2D eigenvalue weighted by molar-refractivity contribution is 7.11. The Kier molecular flexibility index (Phi) is 4.40. The van der Waals surface area contributed by atoms with Crippen LogP contribution in [0, 0.1) is 6.92 Å². The largest absolute Gasteiger partial charge is 0.308 e. The fourth-order valence-electron chi connectivity index (χ4n) is 1.49. The number of nitrogens with one attached hydrogen (secondary N) is 1. The number of hydrogen-bond acceptors (Lipinski definition) is 3. The SMILES string of the molecule is Cc1ncc(CNCc2cccc(Cl)c2Cl)s1. The van der Waals surface area contributed by atoms with Crippen molar-refractivity contribution in [2.75, 3.05) is 0 Å². The maximum Gasteiger partial charge on any atom is 0.0897 e. The van der Waals surface area contributed by atoms with E-state index in [-0.39, 0.29) is 0 Å². The Hall–Kier alpha value is -0.610. The number of rotatable bonds is 4. The van der Waals surface area contributed by atoms with E-state index in [0.29, 0.717) is 16.6 Å². The summed E-state index contributed by atoms with van der Waals surface area (Å²) in [7, 11) is 0. The van der Waals surface area contributed by atoms with Crippen LogP contribution in [0.2, 0.25) is 10.0 Å². The molecule has 2 aromatic rings. The highest BCUT2D eigenvalue weighted by Crippen LogP contribution is 2.25. The lowest BCUT2D eigenvalue weighted by Crippen LogP contribution is -2.12. The van der Waals surface area contributed by atoms with Crippen molar-refractivity contribution in [1.29, 1.82) is 0 Å². The van der Waals surface area contributed by atoms with E-state index >= 15 is 0 Å². The van der Waals surface area contributed by atoms with Gasteiger partial charge in [-0.25, -0.2) is 4.98 Å². The van der Waals surface area contributed by atoms with E-state index in [9.17, 15) is 0 Å². The first-order valence-corrected chi connectivity index (χ1v) is 6.79. The second kappa shape index (κ2) is 5.83. The first-order chi connectivity index (χ1) is 8.16. The van der Waals surface area contributed by atoms with E-state index < -0.39 is 0 Å². The van der Waals surface area contributed by atoms with Gasteiger partial charge in [-0.3, -0.25) is 0 Å². The normalized spacial score (nSPS) is 10.8. The van der Waals surface area contributed by atoms with Crippen molar-refractivity contribution in [3.8, 4) is 0 Å². The van der Waals surface area contributed by atoms with Crippen LogP contribution in [0.25, 0.3) is 0 Å². The number of aromatic nitrogens is 1. The van der Waals surface area contributed by atoms with Gasteiger partial charge < -0.3 is 5.32 Å². The third-order valence-electron chi connectivity index (χ3n) is 2.32. The van der Waals surface area contributed by atoms with E-state index in [1.54, 1.807) is 17.4 Å². The van der Waals surface area contributed by atoms with Crippen molar-refractivity contribution in [2.24, 2.45) is 0 Å². The molecular weight excluding hydrogens is 275 g/mol. The summed E-state index contributed by atoms with van der Waals surface area (Å²) < 4.78 is 0. The van der Waals surface area contributed by atoms with Crippen LogP contribution in [-0.2, 0) is 13.1 Å². The maximum absolute atomic E-state index is 6.10. The lowest BCUT2D eigenvalue weighted by atomic mass is 10.2. The van der Waals surface area contributed by atoms with Gasteiger partial charge in [-0.15, -0.1) is 11.3 Å². The third kappa shape index (κ3) is 3.42. The summed E-state index contributed by atoms with van der Waals surface area (Å²) in [5.74, 6) is 0. The summed E-state index contributed by atoms with van der Waals surface area (Å²) in [5.41, 5.74) is 1.01. The summed E-state index contributed by atoms with van der Waals surface area (Å²) in [6.07, 6.45) is 1.90. The average Bonchev–Trinajstić information content (AvgIpc) is 2.70. The Morgan fingerprint density at radius 3 is 2.82 bits per heavy atom. The van der Waals surface area contributed by atoms with E-state index in [1.807, 2.05) is 25.3 Å². The van der Waals surface area contributed by atoms with Crippen molar-refractivity contribution in [1.82, 2.24) is 10.3 Å². The highest BCUT2D eigenvalue weighted by atomic mass is 35.5. The van der Waals surface area contributed by atoms with Gasteiger partial charge in [0.2, 0.25) is 0 Å². The van der Waals surface area contributed by atoms with Gasteiger partial charge in [0.1, 0.15) is 0 Å². The third-order valence-corrected chi connectivity index (χ3v) is 4.09. The molecule has 1 aromatic carbocycles. The Morgan fingerprint density at radius 2 is 2.12 bits per heavy atom. The molecule has 0 spiro atoms. The first kappa shape index (κ1) is 12.8. The van der Waals surface area contributed by atoms with Crippen LogP contribution in [-0.4, -0.2) is 4.98 Å². The summed E-state index contributed by atoms with van der Waals surface area (Å²) >= 11 is 13.7. The fourth-order valence-corrected chi connectivity index (χ4v) is 2.64. The Labute approximate surface area is 115 Å². The molecule has 0 bridgehead atoms. The lowest BCUT2D eigenvalue weighted by Gasteiger charge is -2.06. The predicted molar refractivity (Wildman–Crippen MR) is 73.9 cm³/mol. The van der Waals surface area contributed by atoms with Crippen LogP contribution in [0.1, 0.15) is 15.4 Å². The van der Waals surface area contributed by atoms with E-state index in [1.165, 1.54) is 4.88 Å². The smallest absolute Gasteiger partial charge is 0.0897 e. The molecule has 0 radical (unpaired) electrons. The number of halogens is 2. The van der Waals surface area contributed by atoms with Gasteiger partial charge in [0, 0.05) is 24.2 Å². The molecule has 1 aromatic heterocycles. The summed E-state index contributed by atoms with van der Waals surface area (Å²) in [6.45, 7) is 3.51. The number of thiazole rings is 1. The molecule has 0 aliphatic heterocycles. The molecule has 0 amide bonds. The number of nitrogens with zero attached hydrogens (tertiary/aromatic N) is 1. The van der Waals surface area contributed by atoms with Crippen molar-refractivity contribution in [3.05, 3.63) is 49.9 Å². The highest BCUT2D eigenvalue weighted by Gasteiger charge is 2.04. The Bertz CT molecular complexity index is 511. The first-order valence-electron chi connectivity index (χ1n) is 5.21. The summed E-state index contributed by atoms with van der Waals surface area (Å²) in [5, 5.41) is 5.64. The zero-order chi connectivity index (χ0) is 12.3. The second-order valence-corrected chi connectivity index (χ2v) is 5.77. The van der Waals surface area contributed by atoms with Crippen LogP contribution in [0.5, 0.6) is 0 Å². The molecule has 2 nitrogen and oxygen atoms in total. The molecule has 0 saturated heterocycles.